The summed E-state index contributed by atoms with van der Waals surface area (Å²) in [6.45, 7) is 0. The predicted octanol–water partition coefficient (Wildman–Crippen LogP) is 8.04. The van der Waals surface area contributed by atoms with Crippen molar-refractivity contribution in [2.24, 2.45) is 0 Å². The molecule has 0 unspecified atom stereocenters. The van der Waals surface area contributed by atoms with E-state index in [0.29, 0.717) is 0 Å². The van der Waals surface area contributed by atoms with Crippen molar-refractivity contribution in [2.45, 2.75) is 0 Å². The molecule has 124 valence electrons. The summed E-state index contributed by atoms with van der Waals surface area (Å²) in [4.78, 5) is 0. The van der Waals surface area contributed by atoms with Crippen LogP contribution in [0.4, 0.5) is 0 Å². The van der Waals surface area contributed by atoms with Crippen molar-refractivity contribution in [1.82, 2.24) is 0 Å². The van der Waals surface area contributed by atoms with Gasteiger partial charge in [-0.05, 0) is 34.4 Å². The van der Waals surface area contributed by atoms with E-state index in [2.05, 4.69) is 78.9 Å². The molecule has 0 aliphatic carbocycles. The molecule has 1 aromatic heterocycles. The molecule has 2 heteroatoms. The van der Waals surface area contributed by atoms with Crippen LogP contribution in [-0.4, -0.2) is 0 Å². The van der Waals surface area contributed by atoms with Gasteiger partial charge in [0.1, 0.15) is 0 Å². The molecule has 4 aromatic carbocycles. The second-order valence-electron chi connectivity index (χ2n) is 6.35. The van der Waals surface area contributed by atoms with Crippen LogP contribution < -0.4 is 0 Å². The van der Waals surface area contributed by atoms with Crippen molar-refractivity contribution in [3.63, 3.8) is 0 Å². The Morgan fingerprint density at radius 2 is 1.19 bits per heavy atom. The molecule has 0 amide bonds. The van der Waals surface area contributed by atoms with E-state index < -0.39 is 0 Å². The molecule has 5 aromatic rings. The van der Waals surface area contributed by atoms with Crippen LogP contribution in [0.25, 0.3) is 42.4 Å². The molecule has 0 spiro atoms. The lowest BCUT2D eigenvalue weighted by atomic mass is 9.98. The molecule has 0 saturated carbocycles. The average molecular weight is 371 g/mol. The molecular formula is C24H15ClS. The normalized spacial score (nSPS) is 11.3. The fraction of sp³-hybridized carbons (Fsp3) is 0. The summed E-state index contributed by atoms with van der Waals surface area (Å²) in [5.41, 5.74) is 4.97. The Labute approximate surface area is 161 Å². The van der Waals surface area contributed by atoms with E-state index in [0.717, 1.165) is 9.72 Å². The van der Waals surface area contributed by atoms with Gasteiger partial charge in [-0.3, -0.25) is 0 Å². The zero-order valence-corrected chi connectivity index (χ0v) is 15.5. The van der Waals surface area contributed by atoms with Crippen molar-refractivity contribution in [3.05, 3.63) is 96.0 Å². The minimum absolute atomic E-state index is 0.827. The van der Waals surface area contributed by atoms with Gasteiger partial charge in [-0.25, -0.2) is 0 Å². The van der Waals surface area contributed by atoms with E-state index in [-0.39, 0.29) is 0 Å². The Bertz CT molecular complexity index is 1240. The van der Waals surface area contributed by atoms with Crippen molar-refractivity contribution < 1.29 is 0 Å². The number of thiophene rings is 1. The standard InChI is InChI=1S/C24H15ClS/c25-22-14-6-13-21-20-12-5-11-19(23(20)26-24(21)22)18-10-4-9-17(15-18)16-7-2-1-3-8-16/h1-15H. The maximum atomic E-state index is 6.44. The van der Waals surface area contributed by atoms with Crippen LogP contribution in [0.5, 0.6) is 0 Å². The topological polar surface area (TPSA) is 0 Å². The largest absolute Gasteiger partial charge is 0.133 e. The minimum Gasteiger partial charge on any atom is -0.133 e. The van der Waals surface area contributed by atoms with Crippen LogP contribution >= 0.6 is 22.9 Å². The van der Waals surface area contributed by atoms with E-state index in [1.807, 2.05) is 12.1 Å². The fourth-order valence-corrected chi connectivity index (χ4v) is 5.04. The number of hydrogen-bond acceptors (Lipinski definition) is 1. The predicted molar refractivity (Wildman–Crippen MR) is 115 cm³/mol. The second kappa shape index (κ2) is 6.28. The first kappa shape index (κ1) is 15.6. The summed E-state index contributed by atoms with van der Waals surface area (Å²) in [5, 5.41) is 3.33. The second-order valence-corrected chi connectivity index (χ2v) is 7.78. The summed E-state index contributed by atoms with van der Waals surface area (Å²) in [7, 11) is 0. The van der Waals surface area contributed by atoms with E-state index in [1.165, 1.54) is 37.7 Å². The maximum Gasteiger partial charge on any atom is 0.0584 e. The quantitative estimate of drug-likeness (QED) is 0.295. The van der Waals surface area contributed by atoms with Gasteiger partial charge in [0.15, 0.2) is 0 Å². The zero-order valence-electron chi connectivity index (χ0n) is 13.9. The molecular weight excluding hydrogens is 356 g/mol. The maximum absolute atomic E-state index is 6.44. The lowest BCUT2D eigenvalue weighted by Gasteiger charge is -2.07. The highest BCUT2D eigenvalue weighted by atomic mass is 35.5. The first-order valence-corrected chi connectivity index (χ1v) is 9.76. The lowest BCUT2D eigenvalue weighted by Crippen LogP contribution is -1.81. The van der Waals surface area contributed by atoms with Gasteiger partial charge in [-0.2, -0.15) is 0 Å². The minimum atomic E-state index is 0.827. The number of hydrogen-bond donors (Lipinski definition) is 0. The van der Waals surface area contributed by atoms with Crippen molar-refractivity contribution in [2.75, 3.05) is 0 Å². The summed E-state index contributed by atoms with van der Waals surface area (Å²) in [6.07, 6.45) is 0. The van der Waals surface area contributed by atoms with Gasteiger partial charge in [0.2, 0.25) is 0 Å². The van der Waals surface area contributed by atoms with E-state index in [1.54, 1.807) is 11.3 Å². The summed E-state index contributed by atoms with van der Waals surface area (Å²) >= 11 is 8.22. The molecule has 0 saturated heterocycles. The van der Waals surface area contributed by atoms with Crippen LogP contribution in [0.3, 0.4) is 0 Å². The van der Waals surface area contributed by atoms with Crippen LogP contribution in [0.2, 0.25) is 5.02 Å². The zero-order chi connectivity index (χ0) is 17.5. The molecule has 0 aliphatic rings. The number of halogens is 1. The Morgan fingerprint density at radius 3 is 2.04 bits per heavy atom. The van der Waals surface area contributed by atoms with Gasteiger partial charge in [-0.1, -0.05) is 90.5 Å². The number of rotatable bonds is 2. The number of benzene rings is 4. The fourth-order valence-electron chi connectivity index (χ4n) is 3.51. The molecule has 0 nitrogen and oxygen atoms in total. The first-order valence-electron chi connectivity index (χ1n) is 8.57. The van der Waals surface area contributed by atoms with Crippen molar-refractivity contribution >= 4 is 43.1 Å². The molecule has 0 N–H and O–H groups in total. The Hall–Kier alpha value is -2.61. The van der Waals surface area contributed by atoms with E-state index >= 15 is 0 Å². The highest BCUT2D eigenvalue weighted by molar-refractivity contribution is 7.26. The van der Waals surface area contributed by atoms with Crippen molar-refractivity contribution in [1.29, 1.82) is 0 Å². The average Bonchev–Trinajstić information content (AvgIpc) is 3.09. The third-order valence-corrected chi connectivity index (χ3v) is 6.47. The number of fused-ring (bicyclic) bond motifs is 3. The highest BCUT2D eigenvalue weighted by Gasteiger charge is 2.12. The summed E-state index contributed by atoms with van der Waals surface area (Å²) in [5.74, 6) is 0. The van der Waals surface area contributed by atoms with Crippen molar-refractivity contribution in [3.8, 4) is 22.3 Å². The molecule has 0 fully saturated rings. The van der Waals surface area contributed by atoms with Crippen LogP contribution in [-0.2, 0) is 0 Å². The first-order chi connectivity index (χ1) is 12.8. The molecule has 0 aliphatic heterocycles. The molecule has 1 heterocycles. The van der Waals surface area contributed by atoms with Crippen LogP contribution in [0.1, 0.15) is 0 Å². The van der Waals surface area contributed by atoms with Gasteiger partial charge < -0.3 is 0 Å². The lowest BCUT2D eigenvalue weighted by molar-refractivity contribution is 1.61. The third-order valence-electron chi connectivity index (χ3n) is 4.76. The van der Waals surface area contributed by atoms with Gasteiger partial charge in [0.05, 0.1) is 9.72 Å². The smallest absolute Gasteiger partial charge is 0.0584 e. The Morgan fingerprint density at radius 1 is 0.538 bits per heavy atom. The third kappa shape index (κ3) is 2.52. The molecule has 0 bridgehead atoms. The van der Waals surface area contributed by atoms with Crippen LogP contribution in [0.15, 0.2) is 91.0 Å². The van der Waals surface area contributed by atoms with Gasteiger partial charge in [0.25, 0.3) is 0 Å². The monoisotopic (exact) mass is 370 g/mol. The van der Waals surface area contributed by atoms with Gasteiger partial charge in [0, 0.05) is 15.5 Å². The van der Waals surface area contributed by atoms with E-state index in [9.17, 15) is 0 Å². The molecule has 0 radical (unpaired) electrons. The van der Waals surface area contributed by atoms with Crippen LogP contribution in [0, 0.1) is 0 Å². The Balaban J connectivity index is 1.75. The molecule has 26 heavy (non-hydrogen) atoms. The summed E-state index contributed by atoms with van der Waals surface area (Å²) in [6, 6.07) is 32.0. The highest BCUT2D eigenvalue weighted by Crippen LogP contribution is 2.42. The Kier molecular flexibility index (Phi) is 3.77. The van der Waals surface area contributed by atoms with Gasteiger partial charge in [-0.15, -0.1) is 11.3 Å². The van der Waals surface area contributed by atoms with E-state index in [4.69, 9.17) is 11.6 Å². The SMILES string of the molecule is Clc1cccc2c1sc1c(-c3cccc(-c4ccccc4)c3)cccc12. The molecule has 5 rings (SSSR count). The summed E-state index contributed by atoms with van der Waals surface area (Å²) < 4.78 is 2.46. The molecule has 0 atom stereocenters. The van der Waals surface area contributed by atoms with Gasteiger partial charge >= 0.3 is 0 Å².